The molecule has 0 spiro atoms. The predicted octanol–water partition coefficient (Wildman–Crippen LogP) is 4.00. The van der Waals surface area contributed by atoms with E-state index in [1.165, 1.54) is 18.4 Å². The van der Waals surface area contributed by atoms with E-state index in [9.17, 15) is 4.79 Å². The molecule has 0 saturated heterocycles. The minimum absolute atomic E-state index is 0.508. The summed E-state index contributed by atoms with van der Waals surface area (Å²) in [5.41, 5.74) is 0.863. The van der Waals surface area contributed by atoms with Gasteiger partial charge in [-0.3, -0.25) is 4.79 Å². The lowest BCUT2D eigenvalue weighted by Crippen LogP contribution is -2.35. The third kappa shape index (κ3) is 3.66. The van der Waals surface area contributed by atoms with Crippen LogP contribution in [0.2, 0.25) is 0 Å². The van der Waals surface area contributed by atoms with Crippen LogP contribution in [0.5, 0.6) is 0 Å². The van der Waals surface area contributed by atoms with E-state index in [-0.39, 0.29) is 0 Å². The van der Waals surface area contributed by atoms with Crippen molar-refractivity contribution in [2.45, 2.75) is 70.8 Å². The van der Waals surface area contributed by atoms with Crippen LogP contribution >= 0.6 is 0 Å². The van der Waals surface area contributed by atoms with E-state index >= 15 is 0 Å². The molecule has 2 heteroatoms. The van der Waals surface area contributed by atoms with Gasteiger partial charge in [0.2, 0.25) is 0 Å². The molecule has 16 heavy (non-hydrogen) atoms. The van der Waals surface area contributed by atoms with Crippen molar-refractivity contribution in [3.05, 3.63) is 11.8 Å². The van der Waals surface area contributed by atoms with Gasteiger partial charge >= 0.3 is 0 Å². The minimum Gasteiger partial charge on any atom is -0.487 e. The standard InChI is InChI=1S/C14H24O2/c1-3-5-7-13-8-10-14(12-15,16-11-13)9-6-4-2/h11-12H,3-10H2,1-2H3. The van der Waals surface area contributed by atoms with Crippen molar-refractivity contribution >= 4 is 6.29 Å². The molecule has 1 aliphatic heterocycles. The van der Waals surface area contributed by atoms with E-state index in [2.05, 4.69) is 13.8 Å². The van der Waals surface area contributed by atoms with Crippen molar-refractivity contribution in [3.8, 4) is 0 Å². The maximum atomic E-state index is 11.2. The van der Waals surface area contributed by atoms with E-state index in [4.69, 9.17) is 4.74 Å². The largest absolute Gasteiger partial charge is 0.487 e. The van der Waals surface area contributed by atoms with Gasteiger partial charge in [0.25, 0.3) is 0 Å². The number of carbonyl (C=O) groups excluding carboxylic acids is 1. The molecule has 92 valence electrons. The third-order valence-electron chi connectivity index (χ3n) is 3.35. The molecule has 0 aliphatic carbocycles. The number of allylic oxidation sites excluding steroid dienone is 1. The van der Waals surface area contributed by atoms with Crippen LogP contribution in [0.25, 0.3) is 0 Å². The molecule has 0 aromatic carbocycles. The van der Waals surface area contributed by atoms with E-state index in [1.807, 2.05) is 6.26 Å². The summed E-state index contributed by atoms with van der Waals surface area (Å²) in [5, 5.41) is 0. The zero-order valence-corrected chi connectivity index (χ0v) is 10.6. The zero-order chi connectivity index (χ0) is 11.9. The quantitative estimate of drug-likeness (QED) is 0.611. The molecule has 1 aliphatic rings. The number of aldehydes is 1. The highest BCUT2D eigenvalue weighted by Gasteiger charge is 2.32. The molecule has 0 aromatic heterocycles. The lowest BCUT2D eigenvalue weighted by molar-refractivity contribution is -0.127. The summed E-state index contributed by atoms with van der Waals surface area (Å²) in [6.45, 7) is 4.34. The minimum atomic E-state index is -0.508. The maximum Gasteiger partial charge on any atom is 0.163 e. The number of carbonyl (C=O) groups is 1. The molecule has 0 saturated carbocycles. The molecule has 1 rings (SSSR count). The SMILES string of the molecule is CCCCC1=COC(C=O)(CCCC)CC1. The maximum absolute atomic E-state index is 11.2. The summed E-state index contributed by atoms with van der Waals surface area (Å²) in [5.74, 6) is 0. The molecule has 0 radical (unpaired) electrons. The fourth-order valence-electron chi connectivity index (χ4n) is 2.08. The lowest BCUT2D eigenvalue weighted by atomic mass is 9.88. The third-order valence-corrected chi connectivity index (χ3v) is 3.35. The van der Waals surface area contributed by atoms with Crippen molar-refractivity contribution in [2.75, 3.05) is 0 Å². The summed E-state index contributed by atoms with van der Waals surface area (Å²) >= 11 is 0. The van der Waals surface area contributed by atoms with E-state index in [1.54, 1.807) is 0 Å². The first-order chi connectivity index (χ1) is 7.76. The second-order valence-corrected chi connectivity index (χ2v) is 4.78. The Balaban J connectivity index is 2.48. The van der Waals surface area contributed by atoms with Crippen LogP contribution < -0.4 is 0 Å². The number of unbranched alkanes of at least 4 members (excludes halogenated alkanes) is 2. The van der Waals surface area contributed by atoms with Gasteiger partial charge in [0.15, 0.2) is 11.9 Å². The lowest BCUT2D eigenvalue weighted by Gasteiger charge is -2.32. The Morgan fingerprint density at radius 2 is 2.12 bits per heavy atom. The molecule has 0 N–H and O–H groups in total. The van der Waals surface area contributed by atoms with Crippen molar-refractivity contribution in [1.29, 1.82) is 0 Å². The first-order valence-electron chi connectivity index (χ1n) is 6.58. The summed E-state index contributed by atoms with van der Waals surface area (Å²) in [6.07, 6.45) is 11.4. The average molecular weight is 224 g/mol. The highest BCUT2D eigenvalue weighted by Crippen LogP contribution is 2.31. The summed E-state index contributed by atoms with van der Waals surface area (Å²) in [4.78, 5) is 11.2. The molecule has 2 nitrogen and oxygen atoms in total. The average Bonchev–Trinajstić information content (AvgIpc) is 2.35. The normalized spacial score (nSPS) is 24.8. The molecule has 0 aromatic rings. The van der Waals surface area contributed by atoms with E-state index in [0.29, 0.717) is 0 Å². The van der Waals surface area contributed by atoms with Crippen molar-refractivity contribution in [2.24, 2.45) is 0 Å². The van der Waals surface area contributed by atoms with Gasteiger partial charge in [0, 0.05) is 0 Å². The molecule has 0 amide bonds. The van der Waals surface area contributed by atoms with Crippen LogP contribution in [0.1, 0.15) is 65.2 Å². The van der Waals surface area contributed by atoms with Crippen molar-refractivity contribution in [3.63, 3.8) is 0 Å². The topological polar surface area (TPSA) is 26.3 Å². The Hall–Kier alpha value is -0.790. The van der Waals surface area contributed by atoms with Gasteiger partial charge in [0.1, 0.15) is 0 Å². The van der Waals surface area contributed by atoms with E-state index < -0.39 is 5.60 Å². The Bertz CT molecular complexity index is 245. The number of hydrogen-bond donors (Lipinski definition) is 0. The second kappa shape index (κ2) is 6.72. The van der Waals surface area contributed by atoms with Crippen LogP contribution in [-0.4, -0.2) is 11.9 Å². The highest BCUT2D eigenvalue weighted by atomic mass is 16.5. The molecule has 1 unspecified atom stereocenters. The molecular formula is C14H24O2. The molecule has 1 heterocycles. The predicted molar refractivity (Wildman–Crippen MR) is 66.2 cm³/mol. The van der Waals surface area contributed by atoms with Gasteiger partial charge in [-0.15, -0.1) is 0 Å². The van der Waals surface area contributed by atoms with Gasteiger partial charge < -0.3 is 4.74 Å². The van der Waals surface area contributed by atoms with Crippen LogP contribution in [0.3, 0.4) is 0 Å². The van der Waals surface area contributed by atoms with Gasteiger partial charge in [-0.2, -0.15) is 0 Å². The smallest absolute Gasteiger partial charge is 0.163 e. The molecule has 1 atom stereocenters. The van der Waals surface area contributed by atoms with Crippen molar-refractivity contribution in [1.82, 2.24) is 0 Å². The van der Waals surface area contributed by atoms with Gasteiger partial charge in [0.05, 0.1) is 6.26 Å². The Kier molecular flexibility index (Phi) is 5.58. The first-order valence-corrected chi connectivity index (χ1v) is 6.58. The molecule has 0 bridgehead atoms. The van der Waals surface area contributed by atoms with E-state index in [0.717, 1.165) is 44.8 Å². The van der Waals surface area contributed by atoms with Crippen LogP contribution in [0.15, 0.2) is 11.8 Å². The fraction of sp³-hybridized carbons (Fsp3) is 0.786. The summed E-state index contributed by atoms with van der Waals surface area (Å²) in [7, 11) is 0. The number of hydrogen-bond acceptors (Lipinski definition) is 2. The molecule has 0 fully saturated rings. The van der Waals surface area contributed by atoms with Gasteiger partial charge in [-0.05, 0) is 44.1 Å². The Morgan fingerprint density at radius 3 is 2.62 bits per heavy atom. The monoisotopic (exact) mass is 224 g/mol. The fourth-order valence-corrected chi connectivity index (χ4v) is 2.08. The van der Waals surface area contributed by atoms with Crippen LogP contribution in [0.4, 0.5) is 0 Å². The highest BCUT2D eigenvalue weighted by molar-refractivity contribution is 5.63. The number of ether oxygens (including phenoxy) is 1. The first kappa shape index (κ1) is 13.3. The van der Waals surface area contributed by atoms with Gasteiger partial charge in [-0.25, -0.2) is 0 Å². The summed E-state index contributed by atoms with van der Waals surface area (Å²) in [6, 6.07) is 0. The number of rotatable bonds is 7. The van der Waals surface area contributed by atoms with Crippen LogP contribution in [0, 0.1) is 0 Å². The Morgan fingerprint density at radius 1 is 1.38 bits per heavy atom. The zero-order valence-electron chi connectivity index (χ0n) is 10.6. The molecular weight excluding hydrogens is 200 g/mol. The summed E-state index contributed by atoms with van der Waals surface area (Å²) < 4.78 is 5.70. The van der Waals surface area contributed by atoms with Gasteiger partial charge in [-0.1, -0.05) is 26.7 Å². The van der Waals surface area contributed by atoms with Crippen LogP contribution in [-0.2, 0) is 9.53 Å². The Labute approximate surface area is 99.1 Å². The van der Waals surface area contributed by atoms with Crippen molar-refractivity contribution < 1.29 is 9.53 Å². The second-order valence-electron chi connectivity index (χ2n) is 4.78.